The van der Waals surface area contributed by atoms with Crippen LogP contribution in [0, 0.1) is 12.8 Å². The van der Waals surface area contributed by atoms with E-state index in [1.807, 2.05) is 12.3 Å². The maximum atomic E-state index is 11.6. The third kappa shape index (κ3) is 3.09. The quantitative estimate of drug-likeness (QED) is 0.827. The molecule has 2 saturated heterocycles. The molecule has 31 heavy (non-hydrogen) atoms. The summed E-state index contributed by atoms with van der Waals surface area (Å²) < 4.78 is 0. The van der Waals surface area contributed by atoms with Crippen molar-refractivity contribution in [2.75, 3.05) is 48.3 Å². The van der Waals surface area contributed by atoms with E-state index in [2.05, 4.69) is 51.1 Å². The molecule has 7 heteroatoms. The Bertz CT molecular complexity index is 1060. The highest BCUT2D eigenvalue weighted by molar-refractivity contribution is 5.89. The Morgan fingerprint density at radius 2 is 2.00 bits per heavy atom. The molecule has 2 aromatic rings. The van der Waals surface area contributed by atoms with Crippen LogP contribution in [0.3, 0.4) is 0 Å². The van der Waals surface area contributed by atoms with Gasteiger partial charge >= 0.3 is 0 Å². The molecular weight excluding hydrogens is 388 g/mol. The predicted molar refractivity (Wildman–Crippen MR) is 122 cm³/mol. The SMILES string of the molecule is CC(=O)Nc1cc2c(cn1)C1(CC1)CN2c1cc(C)cc(N2CC3CCN(C)C3C2)n1. The number of carbonyl (C=O) groups excluding carboxylic acids is 1. The lowest BCUT2D eigenvalue weighted by atomic mass is 10.0. The van der Waals surface area contributed by atoms with Gasteiger partial charge in [0.1, 0.15) is 17.5 Å². The van der Waals surface area contributed by atoms with Crippen molar-refractivity contribution in [1.82, 2.24) is 14.9 Å². The van der Waals surface area contributed by atoms with Crippen molar-refractivity contribution in [3.8, 4) is 0 Å². The van der Waals surface area contributed by atoms with E-state index in [0.29, 0.717) is 11.9 Å². The summed E-state index contributed by atoms with van der Waals surface area (Å²) >= 11 is 0. The summed E-state index contributed by atoms with van der Waals surface area (Å²) in [6.07, 6.45) is 5.63. The summed E-state index contributed by atoms with van der Waals surface area (Å²) in [7, 11) is 2.25. The van der Waals surface area contributed by atoms with Gasteiger partial charge in [-0.1, -0.05) is 0 Å². The van der Waals surface area contributed by atoms with E-state index in [-0.39, 0.29) is 11.3 Å². The summed E-state index contributed by atoms with van der Waals surface area (Å²) in [5.74, 6) is 3.36. The number of hydrogen-bond donors (Lipinski definition) is 1. The summed E-state index contributed by atoms with van der Waals surface area (Å²) in [6, 6.07) is 7.09. The van der Waals surface area contributed by atoms with Crippen LogP contribution in [0.5, 0.6) is 0 Å². The molecule has 1 saturated carbocycles. The van der Waals surface area contributed by atoms with Crippen LogP contribution in [0.4, 0.5) is 23.1 Å². The molecule has 7 nitrogen and oxygen atoms in total. The first kappa shape index (κ1) is 19.0. The Hall–Kier alpha value is -2.67. The Morgan fingerprint density at radius 1 is 1.19 bits per heavy atom. The highest BCUT2D eigenvalue weighted by Gasteiger charge is 2.52. The molecule has 4 aliphatic rings. The molecule has 3 aliphatic heterocycles. The third-order valence-electron chi connectivity index (χ3n) is 7.73. The lowest BCUT2D eigenvalue weighted by Crippen LogP contribution is -2.32. The molecule has 1 amide bonds. The molecule has 2 atom stereocenters. The number of hydrogen-bond acceptors (Lipinski definition) is 6. The van der Waals surface area contributed by atoms with Gasteiger partial charge in [0, 0.05) is 55.8 Å². The number of likely N-dealkylation sites (tertiary alicyclic amines) is 1. The van der Waals surface area contributed by atoms with Gasteiger partial charge < -0.3 is 20.0 Å². The fourth-order valence-corrected chi connectivity index (χ4v) is 5.87. The monoisotopic (exact) mass is 418 g/mol. The van der Waals surface area contributed by atoms with Gasteiger partial charge in [-0.3, -0.25) is 4.79 Å². The molecular formula is C24H30N6O. The number of pyridine rings is 2. The molecule has 0 bridgehead atoms. The molecule has 5 heterocycles. The molecule has 0 radical (unpaired) electrons. The highest BCUT2D eigenvalue weighted by Crippen LogP contribution is 2.58. The lowest BCUT2D eigenvalue weighted by Gasteiger charge is -2.25. The van der Waals surface area contributed by atoms with Gasteiger partial charge in [0.25, 0.3) is 0 Å². The molecule has 162 valence electrons. The van der Waals surface area contributed by atoms with Crippen molar-refractivity contribution >= 4 is 29.0 Å². The Morgan fingerprint density at radius 3 is 2.74 bits per heavy atom. The largest absolute Gasteiger partial charge is 0.355 e. The molecule has 1 N–H and O–H groups in total. The smallest absolute Gasteiger partial charge is 0.222 e. The molecule has 3 fully saturated rings. The number of likely N-dealkylation sites (N-methyl/N-ethyl adjacent to an activating group) is 1. The first-order valence-corrected chi connectivity index (χ1v) is 11.4. The number of nitrogens with zero attached hydrogens (tertiary/aromatic N) is 5. The van der Waals surface area contributed by atoms with Crippen LogP contribution in [-0.2, 0) is 10.2 Å². The van der Waals surface area contributed by atoms with E-state index in [4.69, 9.17) is 4.98 Å². The standard InChI is InChI=1S/C24H30N6O/c1-15-8-22(29-12-17-4-7-28(3)20(17)13-29)27-23(9-15)30-14-24(5-6-24)18-11-25-21(10-19(18)30)26-16(2)31/h8-11,17,20H,4-7,12-14H2,1-3H3,(H,25,26,31). The molecule has 6 rings (SSSR count). The van der Waals surface area contributed by atoms with Gasteiger partial charge in [-0.15, -0.1) is 0 Å². The van der Waals surface area contributed by atoms with Gasteiger partial charge in [-0.25, -0.2) is 9.97 Å². The molecule has 2 aromatic heterocycles. The number of fused-ring (bicyclic) bond motifs is 3. The number of amides is 1. The minimum atomic E-state index is -0.0985. The topological polar surface area (TPSA) is 64.6 Å². The van der Waals surface area contributed by atoms with Crippen molar-refractivity contribution in [2.45, 2.75) is 44.6 Å². The van der Waals surface area contributed by atoms with Crippen LogP contribution in [-0.4, -0.2) is 60.0 Å². The first-order valence-electron chi connectivity index (χ1n) is 11.4. The molecule has 1 aliphatic carbocycles. The second kappa shape index (κ2) is 6.66. The third-order valence-corrected chi connectivity index (χ3v) is 7.73. The number of nitrogens with one attached hydrogen (secondary N) is 1. The molecule has 2 unspecified atom stereocenters. The lowest BCUT2D eigenvalue weighted by molar-refractivity contribution is -0.114. The van der Waals surface area contributed by atoms with Crippen LogP contribution in [0.1, 0.15) is 37.3 Å². The Kier molecular flexibility index (Phi) is 4.09. The minimum absolute atomic E-state index is 0.0985. The maximum absolute atomic E-state index is 11.6. The zero-order valence-corrected chi connectivity index (χ0v) is 18.6. The minimum Gasteiger partial charge on any atom is -0.355 e. The zero-order chi connectivity index (χ0) is 21.3. The van der Waals surface area contributed by atoms with Crippen molar-refractivity contribution < 1.29 is 4.79 Å². The van der Waals surface area contributed by atoms with Crippen molar-refractivity contribution in [1.29, 1.82) is 0 Å². The van der Waals surface area contributed by atoms with E-state index in [1.54, 1.807) is 0 Å². The highest BCUT2D eigenvalue weighted by atomic mass is 16.1. The average molecular weight is 419 g/mol. The first-order chi connectivity index (χ1) is 14.9. The fraction of sp³-hybridized carbons (Fsp3) is 0.542. The summed E-state index contributed by atoms with van der Waals surface area (Å²) in [5.41, 5.74) is 3.87. The van der Waals surface area contributed by atoms with Crippen molar-refractivity contribution in [3.05, 3.63) is 35.5 Å². The van der Waals surface area contributed by atoms with E-state index in [9.17, 15) is 4.79 Å². The van der Waals surface area contributed by atoms with Gasteiger partial charge in [0.15, 0.2) is 0 Å². The second-order valence-electron chi connectivity index (χ2n) is 10.00. The Labute approximate surface area is 183 Å². The number of carbonyl (C=O) groups is 1. The Balaban J connectivity index is 1.35. The van der Waals surface area contributed by atoms with Crippen LogP contribution < -0.4 is 15.1 Å². The number of rotatable bonds is 3. The van der Waals surface area contributed by atoms with Crippen molar-refractivity contribution in [2.24, 2.45) is 5.92 Å². The van der Waals surface area contributed by atoms with Crippen LogP contribution in [0.15, 0.2) is 24.4 Å². The summed E-state index contributed by atoms with van der Waals surface area (Å²) in [6.45, 7) is 8.00. The molecule has 1 spiro atoms. The van der Waals surface area contributed by atoms with Gasteiger partial charge in [0.05, 0.1) is 5.69 Å². The van der Waals surface area contributed by atoms with E-state index in [1.165, 1.54) is 43.9 Å². The van der Waals surface area contributed by atoms with Crippen LogP contribution >= 0.6 is 0 Å². The maximum Gasteiger partial charge on any atom is 0.222 e. The van der Waals surface area contributed by atoms with E-state index < -0.39 is 0 Å². The van der Waals surface area contributed by atoms with Crippen LogP contribution in [0.25, 0.3) is 0 Å². The average Bonchev–Trinajstić information content (AvgIpc) is 3.09. The number of anilines is 4. The zero-order valence-electron chi connectivity index (χ0n) is 18.6. The summed E-state index contributed by atoms with van der Waals surface area (Å²) in [4.78, 5) is 28.5. The number of aromatic nitrogens is 2. The van der Waals surface area contributed by atoms with E-state index in [0.717, 1.165) is 42.9 Å². The van der Waals surface area contributed by atoms with E-state index >= 15 is 0 Å². The van der Waals surface area contributed by atoms with Gasteiger partial charge in [-0.2, -0.15) is 0 Å². The summed E-state index contributed by atoms with van der Waals surface area (Å²) in [5, 5.41) is 2.84. The van der Waals surface area contributed by atoms with Gasteiger partial charge in [0.2, 0.25) is 5.91 Å². The predicted octanol–water partition coefficient (Wildman–Crippen LogP) is 3.07. The number of aryl methyl sites for hydroxylation is 1. The normalized spacial score (nSPS) is 25.8. The van der Waals surface area contributed by atoms with Crippen LogP contribution in [0.2, 0.25) is 0 Å². The second-order valence-corrected chi connectivity index (χ2v) is 10.00. The molecule has 0 aromatic carbocycles. The van der Waals surface area contributed by atoms with Gasteiger partial charge in [-0.05, 0) is 63.4 Å². The van der Waals surface area contributed by atoms with Crippen molar-refractivity contribution in [3.63, 3.8) is 0 Å². The fourth-order valence-electron chi connectivity index (χ4n) is 5.87.